The van der Waals surface area contributed by atoms with Crippen LogP contribution in [-0.2, 0) is 6.54 Å². The molecule has 0 saturated heterocycles. The highest BCUT2D eigenvalue weighted by Gasteiger charge is 2.31. The Balaban J connectivity index is 1.50. The minimum absolute atomic E-state index is 0.163. The fourth-order valence-electron chi connectivity index (χ4n) is 4.36. The normalized spacial score (nSPS) is 21.0. The molecule has 3 aromatic rings. The van der Waals surface area contributed by atoms with Crippen LogP contribution in [0, 0.1) is 11.8 Å². The average Bonchev–Trinajstić information content (AvgIpc) is 3.34. The molecule has 1 N–H and O–H groups in total. The van der Waals surface area contributed by atoms with E-state index in [0.29, 0.717) is 35.6 Å². The molecule has 4 rings (SSSR count). The largest absolute Gasteiger partial charge is 0.367 e. The number of hydrogen-bond donors (Lipinski definition) is 1. The molecule has 30 heavy (non-hydrogen) atoms. The first-order chi connectivity index (χ1) is 14.5. The number of benzene rings is 1. The lowest BCUT2D eigenvalue weighted by Gasteiger charge is -2.15. The molecular weight excluding hydrogens is 442 g/mol. The number of hydrogen-bond acceptors (Lipinski definition) is 5. The van der Waals surface area contributed by atoms with Gasteiger partial charge in [0.2, 0.25) is 5.78 Å². The molecule has 6 nitrogen and oxygen atoms in total. The van der Waals surface area contributed by atoms with Crippen LogP contribution in [0.15, 0.2) is 53.5 Å². The quantitative estimate of drug-likeness (QED) is 0.497. The van der Waals surface area contributed by atoms with E-state index in [2.05, 4.69) is 50.2 Å². The highest BCUT2D eigenvalue weighted by atomic mass is 79.9. The third kappa shape index (κ3) is 4.61. The first kappa shape index (κ1) is 20.7. The third-order valence-electron chi connectivity index (χ3n) is 5.98. The van der Waals surface area contributed by atoms with Crippen molar-refractivity contribution in [3.63, 3.8) is 0 Å². The fraction of sp³-hybridized carbons (Fsp3) is 0.391. The number of ketones is 1. The Morgan fingerprint density at radius 1 is 1.30 bits per heavy atom. The van der Waals surface area contributed by atoms with Crippen LogP contribution in [0.3, 0.4) is 0 Å². The van der Waals surface area contributed by atoms with Gasteiger partial charge < -0.3 is 5.32 Å². The number of halogens is 1. The highest BCUT2D eigenvalue weighted by molar-refractivity contribution is 9.10. The summed E-state index contributed by atoms with van der Waals surface area (Å²) >= 11 is 3.49. The number of nitrogens with zero attached hydrogens (tertiary/aromatic N) is 4. The molecular formula is C23H26BrN5O. The Kier molecular flexibility index (Phi) is 6.27. The molecule has 0 aliphatic heterocycles. The maximum atomic E-state index is 13.1. The van der Waals surface area contributed by atoms with Crippen LogP contribution in [0.25, 0.3) is 0 Å². The number of carbonyl (C=O) groups excluding carboxylic acids is 1. The summed E-state index contributed by atoms with van der Waals surface area (Å²) in [4.78, 5) is 21.6. The van der Waals surface area contributed by atoms with Crippen molar-refractivity contribution in [1.29, 1.82) is 0 Å². The summed E-state index contributed by atoms with van der Waals surface area (Å²) in [5.74, 6) is 1.84. The highest BCUT2D eigenvalue weighted by Crippen LogP contribution is 2.35. The average molecular weight is 468 g/mol. The van der Waals surface area contributed by atoms with Gasteiger partial charge in [0.25, 0.3) is 0 Å². The Labute approximate surface area is 185 Å². The molecule has 1 saturated carbocycles. The second-order valence-corrected chi connectivity index (χ2v) is 9.02. The van der Waals surface area contributed by atoms with Crippen molar-refractivity contribution in [3.05, 3.63) is 70.3 Å². The molecule has 0 bridgehead atoms. The van der Waals surface area contributed by atoms with E-state index < -0.39 is 0 Å². The zero-order valence-electron chi connectivity index (χ0n) is 17.3. The van der Waals surface area contributed by atoms with Gasteiger partial charge in [-0.05, 0) is 48.4 Å². The van der Waals surface area contributed by atoms with E-state index in [4.69, 9.17) is 0 Å². The molecule has 1 aliphatic carbocycles. The van der Waals surface area contributed by atoms with E-state index in [1.807, 2.05) is 30.5 Å². The van der Waals surface area contributed by atoms with Crippen LogP contribution in [-0.4, -0.2) is 31.6 Å². The van der Waals surface area contributed by atoms with Gasteiger partial charge in [-0.1, -0.05) is 48.3 Å². The summed E-state index contributed by atoms with van der Waals surface area (Å²) in [5, 5.41) is 7.99. The standard InChI is InChI=1S/C23H26BrN5O/c1-3-17-11-19(9-15(17)2)27-23-20(12-25-14-26-23)22(30)21-7-8-29(28-21)13-16-5-4-6-18(24)10-16/h4-8,10,12,14-15,17,19H,3,9,11,13H2,1-2H3,(H,25,26,27)/t15-,17-,19-/m0/s1. The van der Waals surface area contributed by atoms with Crippen molar-refractivity contribution in [3.8, 4) is 0 Å². The lowest BCUT2D eigenvalue weighted by Crippen LogP contribution is -2.20. The first-order valence-electron chi connectivity index (χ1n) is 10.4. The van der Waals surface area contributed by atoms with E-state index >= 15 is 0 Å². The van der Waals surface area contributed by atoms with E-state index in [1.54, 1.807) is 16.9 Å². The first-order valence-corrected chi connectivity index (χ1v) is 11.2. The molecule has 3 atom stereocenters. The Morgan fingerprint density at radius 2 is 2.17 bits per heavy atom. The number of rotatable bonds is 7. The molecule has 7 heteroatoms. The van der Waals surface area contributed by atoms with Gasteiger partial charge in [-0.15, -0.1) is 0 Å². The molecule has 0 amide bonds. The van der Waals surface area contributed by atoms with Crippen LogP contribution in [0.1, 0.15) is 54.7 Å². The number of anilines is 1. The van der Waals surface area contributed by atoms with Crippen molar-refractivity contribution in [1.82, 2.24) is 19.7 Å². The zero-order valence-corrected chi connectivity index (χ0v) is 18.8. The Morgan fingerprint density at radius 3 is 2.93 bits per heavy atom. The van der Waals surface area contributed by atoms with Gasteiger partial charge in [-0.25, -0.2) is 9.97 Å². The molecule has 1 fully saturated rings. The summed E-state index contributed by atoms with van der Waals surface area (Å²) in [6, 6.07) is 10.1. The van der Waals surface area contributed by atoms with Crippen LogP contribution in [0.4, 0.5) is 5.82 Å². The number of nitrogens with one attached hydrogen (secondary N) is 1. The number of aromatic nitrogens is 4. The van der Waals surface area contributed by atoms with Crippen LogP contribution >= 0.6 is 15.9 Å². The van der Waals surface area contributed by atoms with Gasteiger partial charge in [0, 0.05) is 22.9 Å². The molecule has 0 unspecified atom stereocenters. The van der Waals surface area contributed by atoms with Gasteiger partial charge in [-0.2, -0.15) is 5.10 Å². The van der Waals surface area contributed by atoms with Gasteiger partial charge in [0.05, 0.1) is 12.1 Å². The maximum Gasteiger partial charge on any atom is 0.218 e. The second-order valence-electron chi connectivity index (χ2n) is 8.10. The Hall–Kier alpha value is -2.54. The molecule has 0 radical (unpaired) electrons. The molecule has 1 aromatic carbocycles. The monoisotopic (exact) mass is 467 g/mol. The summed E-state index contributed by atoms with van der Waals surface area (Å²) in [5.41, 5.74) is 1.98. The van der Waals surface area contributed by atoms with Crippen molar-refractivity contribution in [2.45, 2.75) is 45.7 Å². The summed E-state index contributed by atoms with van der Waals surface area (Å²) in [7, 11) is 0. The minimum atomic E-state index is -0.163. The fourth-order valence-corrected chi connectivity index (χ4v) is 4.80. The second kappa shape index (κ2) is 9.08. The molecule has 0 spiro atoms. The van der Waals surface area contributed by atoms with Crippen molar-refractivity contribution < 1.29 is 4.79 Å². The molecule has 156 valence electrons. The van der Waals surface area contributed by atoms with E-state index in [9.17, 15) is 4.79 Å². The minimum Gasteiger partial charge on any atom is -0.367 e. The predicted octanol–water partition coefficient (Wildman–Crippen LogP) is 4.95. The van der Waals surface area contributed by atoms with Crippen molar-refractivity contribution >= 4 is 27.5 Å². The lowest BCUT2D eigenvalue weighted by molar-refractivity contribution is 0.103. The predicted molar refractivity (Wildman–Crippen MR) is 121 cm³/mol. The summed E-state index contributed by atoms with van der Waals surface area (Å²) in [6.45, 7) is 5.15. The van der Waals surface area contributed by atoms with Gasteiger partial charge in [0.15, 0.2) is 0 Å². The summed E-state index contributed by atoms with van der Waals surface area (Å²) in [6.07, 6.45) is 8.29. The van der Waals surface area contributed by atoms with Crippen LogP contribution in [0.5, 0.6) is 0 Å². The maximum absolute atomic E-state index is 13.1. The SMILES string of the molecule is CC[C@H]1C[C@@H](Nc2ncncc2C(=O)c2ccn(Cc3cccc(Br)c3)n2)C[C@@H]1C. The molecule has 1 aliphatic rings. The van der Waals surface area contributed by atoms with Gasteiger partial charge in [0.1, 0.15) is 17.8 Å². The summed E-state index contributed by atoms with van der Waals surface area (Å²) < 4.78 is 2.79. The Bertz CT molecular complexity index is 1030. The molecule has 2 aromatic heterocycles. The van der Waals surface area contributed by atoms with Crippen molar-refractivity contribution in [2.24, 2.45) is 11.8 Å². The lowest BCUT2D eigenvalue weighted by atomic mass is 9.96. The number of carbonyl (C=O) groups is 1. The topological polar surface area (TPSA) is 72.7 Å². The smallest absolute Gasteiger partial charge is 0.218 e. The zero-order chi connectivity index (χ0) is 21.1. The van der Waals surface area contributed by atoms with Crippen LogP contribution < -0.4 is 5.32 Å². The third-order valence-corrected chi connectivity index (χ3v) is 6.47. The van der Waals surface area contributed by atoms with Gasteiger partial charge >= 0.3 is 0 Å². The molecule has 2 heterocycles. The van der Waals surface area contributed by atoms with E-state index in [1.165, 1.54) is 12.7 Å². The van der Waals surface area contributed by atoms with E-state index in [0.717, 1.165) is 28.8 Å². The van der Waals surface area contributed by atoms with E-state index in [-0.39, 0.29) is 5.78 Å². The van der Waals surface area contributed by atoms with Gasteiger partial charge in [-0.3, -0.25) is 9.48 Å². The van der Waals surface area contributed by atoms with Crippen molar-refractivity contribution in [2.75, 3.05) is 5.32 Å². The van der Waals surface area contributed by atoms with Crippen LogP contribution in [0.2, 0.25) is 0 Å².